The van der Waals surface area contributed by atoms with Crippen molar-refractivity contribution in [3.8, 4) is 0 Å². The van der Waals surface area contributed by atoms with E-state index in [0.29, 0.717) is 37.9 Å². The van der Waals surface area contributed by atoms with E-state index in [4.69, 9.17) is 33.2 Å². The molecule has 68 heavy (non-hydrogen) atoms. The van der Waals surface area contributed by atoms with Gasteiger partial charge in [-0.3, -0.25) is 4.79 Å². The monoisotopic (exact) mass is 971 g/mol. The highest BCUT2D eigenvalue weighted by atomic mass is 16.8. The number of methoxy groups -OCH3 is 1. The van der Waals surface area contributed by atoms with Crippen molar-refractivity contribution < 1.29 is 94.1 Å². The lowest BCUT2D eigenvalue weighted by Crippen LogP contribution is -2.67. The Hall–Kier alpha value is -1.89. The zero-order chi connectivity index (χ0) is 49.8. The first kappa shape index (κ1) is 52.4. The molecule has 8 rings (SSSR count). The van der Waals surface area contributed by atoms with Gasteiger partial charge in [0, 0.05) is 5.92 Å². The minimum atomic E-state index is -1.83. The molecule has 8 aliphatic rings. The first-order chi connectivity index (χ1) is 31.8. The van der Waals surface area contributed by atoms with Crippen molar-refractivity contribution in [1.82, 2.24) is 0 Å². The van der Waals surface area contributed by atoms with Gasteiger partial charge in [0.15, 0.2) is 12.6 Å². The fourth-order valence-corrected chi connectivity index (χ4v) is 14.7. The fraction of sp³-hybridized carbons (Fsp3) is 0.898. The molecule has 0 aromatic carbocycles. The second-order valence-electron chi connectivity index (χ2n) is 23.3. The smallest absolute Gasteiger partial charge is 0.311 e. The Morgan fingerprint density at radius 1 is 0.632 bits per heavy atom. The van der Waals surface area contributed by atoms with Gasteiger partial charge in [0.2, 0.25) is 6.29 Å². The van der Waals surface area contributed by atoms with E-state index in [-0.39, 0.29) is 23.2 Å². The van der Waals surface area contributed by atoms with Gasteiger partial charge < -0.3 is 89.3 Å². The number of hydrogen-bond acceptors (Lipinski definition) is 19. The quantitative estimate of drug-likeness (QED) is 0.102. The van der Waals surface area contributed by atoms with Gasteiger partial charge in [0.05, 0.1) is 38.4 Å². The molecule has 3 saturated heterocycles. The highest BCUT2D eigenvalue weighted by molar-refractivity contribution is 5.77. The molecule has 3 aliphatic heterocycles. The molecule has 0 bridgehead atoms. The van der Waals surface area contributed by atoms with Gasteiger partial charge in [0.1, 0.15) is 79.0 Å². The van der Waals surface area contributed by atoms with Crippen LogP contribution >= 0.6 is 0 Å². The number of allylic oxidation sites excluding steroid dienone is 4. The predicted octanol–water partition coefficient (Wildman–Crippen LogP) is 0.0347. The van der Waals surface area contributed by atoms with Crippen molar-refractivity contribution in [3.05, 3.63) is 23.0 Å². The van der Waals surface area contributed by atoms with Crippen LogP contribution in [-0.2, 0) is 38.0 Å². The van der Waals surface area contributed by atoms with E-state index in [1.54, 1.807) is 0 Å². The lowest BCUT2D eigenvalue weighted by Gasteiger charge is -2.70. The molecule has 23 atom stereocenters. The molecule has 19 heteroatoms. The predicted molar refractivity (Wildman–Crippen MR) is 236 cm³/mol. The van der Waals surface area contributed by atoms with Gasteiger partial charge in [-0.25, -0.2) is 0 Å². The summed E-state index contributed by atoms with van der Waals surface area (Å²) in [6, 6.07) is 0. The Morgan fingerprint density at radius 2 is 1.18 bits per heavy atom. The van der Waals surface area contributed by atoms with Crippen molar-refractivity contribution in [2.24, 2.45) is 44.3 Å². The van der Waals surface area contributed by atoms with Crippen molar-refractivity contribution in [3.63, 3.8) is 0 Å². The molecule has 0 unspecified atom stereocenters. The van der Waals surface area contributed by atoms with E-state index in [2.05, 4.69) is 47.6 Å². The Balaban J connectivity index is 1.17. The number of hydrogen-bond donors (Lipinski definition) is 11. The van der Waals surface area contributed by atoms with Gasteiger partial charge in [0.25, 0.3) is 0 Å². The molecule has 0 radical (unpaired) electrons. The lowest BCUT2D eigenvalue weighted by atomic mass is 9.35. The van der Waals surface area contributed by atoms with Gasteiger partial charge in [-0.05, 0) is 109 Å². The third kappa shape index (κ3) is 8.05. The number of esters is 1. The Bertz CT molecular complexity index is 1930. The van der Waals surface area contributed by atoms with E-state index in [1.807, 2.05) is 6.92 Å². The molecule has 3 heterocycles. The molecular weight excluding hydrogens is 893 g/mol. The number of rotatable bonds is 10. The van der Waals surface area contributed by atoms with Gasteiger partial charge in [-0.15, -0.1) is 0 Å². The Labute approximate surface area is 398 Å². The zero-order valence-electron chi connectivity index (χ0n) is 40.6. The maximum atomic E-state index is 13.4. The lowest BCUT2D eigenvalue weighted by molar-refractivity contribution is -0.378. The van der Waals surface area contributed by atoms with Gasteiger partial charge in [-0.1, -0.05) is 47.1 Å². The van der Waals surface area contributed by atoms with Crippen LogP contribution in [0.5, 0.6) is 0 Å². The van der Waals surface area contributed by atoms with Gasteiger partial charge in [-0.2, -0.15) is 0 Å². The van der Waals surface area contributed by atoms with Crippen LogP contribution in [0.2, 0.25) is 0 Å². The van der Waals surface area contributed by atoms with Gasteiger partial charge >= 0.3 is 5.97 Å². The molecule has 5 aliphatic carbocycles. The number of aliphatic hydroxyl groups excluding tert-OH is 11. The van der Waals surface area contributed by atoms with Crippen LogP contribution in [0.3, 0.4) is 0 Å². The summed E-state index contributed by atoms with van der Waals surface area (Å²) in [6.45, 7) is 13.3. The van der Waals surface area contributed by atoms with Crippen LogP contribution in [0.25, 0.3) is 0 Å². The Morgan fingerprint density at radius 3 is 1.76 bits per heavy atom. The summed E-state index contributed by atoms with van der Waals surface area (Å²) in [6.07, 6.45) is -15.9. The molecule has 3 saturated carbocycles. The number of carbonyl (C=O) groups excluding carboxylic acids is 1. The minimum Gasteiger partial charge on any atom is -0.469 e. The largest absolute Gasteiger partial charge is 0.469 e. The van der Waals surface area contributed by atoms with Crippen LogP contribution in [0, 0.1) is 44.3 Å². The van der Waals surface area contributed by atoms with Crippen molar-refractivity contribution in [1.29, 1.82) is 0 Å². The summed E-state index contributed by atoms with van der Waals surface area (Å²) in [4.78, 5) is 13.4. The summed E-state index contributed by atoms with van der Waals surface area (Å²) >= 11 is 0. The molecule has 0 aromatic heterocycles. The molecule has 0 amide bonds. The van der Waals surface area contributed by atoms with Crippen LogP contribution < -0.4 is 0 Å². The maximum absolute atomic E-state index is 13.4. The minimum absolute atomic E-state index is 0.102. The van der Waals surface area contributed by atoms with E-state index in [0.717, 1.165) is 31.3 Å². The van der Waals surface area contributed by atoms with Crippen LogP contribution in [0.15, 0.2) is 23.0 Å². The second-order valence-corrected chi connectivity index (χ2v) is 23.3. The number of ether oxygens (including phenoxy) is 7. The molecule has 11 N–H and O–H groups in total. The molecule has 388 valence electrons. The molecule has 0 aromatic rings. The van der Waals surface area contributed by atoms with Crippen molar-refractivity contribution >= 4 is 5.97 Å². The first-order valence-electron chi connectivity index (χ1n) is 24.6. The second kappa shape index (κ2) is 18.5. The standard InChI is InChI=1S/C49H78O19/c1-44(2)28-9-12-49(7)39(47(28,5)11-10-29(44)67-42-38(35(58)32(55)27(21-52)66-42)68-41-37(60)34(57)31(54)26(20-51)65-41)24(63-40-36(59)33(56)30(53)25(19-50)64-40)17-22-23-18-46(4,43(61)62-8)14-13-45(23,3)15-16-48(22,49)6/h17,25-42,50-60H,9-16,18-21H2,1-8H3/t25-,26-,27-,28+,29+,30+,31+,32-,33+,34+,35+,36-,37-,38-,39-,40+,41+,42+,45-,46+,47+,48-,49-/m1/s1. The van der Waals surface area contributed by atoms with Crippen molar-refractivity contribution in [2.75, 3.05) is 26.9 Å². The first-order valence-corrected chi connectivity index (χ1v) is 24.6. The summed E-state index contributed by atoms with van der Waals surface area (Å²) in [7, 11) is 1.42. The van der Waals surface area contributed by atoms with Crippen LogP contribution in [0.4, 0.5) is 0 Å². The van der Waals surface area contributed by atoms with E-state index in [9.17, 15) is 61.0 Å². The Kier molecular flexibility index (Phi) is 14.3. The molecular formula is C49H78O19. The topological polar surface area (TPSA) is 304 Å². The zero-order valence-corrected chi connectivity index (χ0v) is 40.6. The summed E-state index contributed by atoms with van der Waals surface area (Å²) < 4.78 is 42.9. The van der Waals surface area contributed by atoms with E-state index in [1.165, 1.54) is 12.7 Å². The SMILES string of the molecule is COC(=O)[C@@]1(C)CC[C@]2(C)CC[C@]3(C)C(=C2C1)C=C(O[C@H]1O[C@H](CO)[C@H](O)[C@H](O)[C@H]1O)[C@@H]1[C@@]2(C)CC[C@H](O[C@@H]4O[C@H](CO)[C@@H](O)[C@H](O)[C@H]4O[C@@H]4O[C@H](CO)[C@H](O)[C@H](O)[C@H]4O)C(C)(C)[C@@H]2CC[C@]13C. The third-order valence-corrected chi connectivity index (χ3v) is 19.2. The van der Waals surface area contributed by atoms with Crippen LogP contribution in [-0.4, -0.2) is 187 Å². The summed E-state index contributed by atoms with van der Waals surface area (Å²) in [5.74, 6) is -0.172. The highest BCUT2D eigenvalue weighted by Gasteiger charge is 2.70. The summed E-state index contributed by atoms with van der Waals surface area (Å²) in [5.41, 5.74) is -0.846. The number of fused-ring (bicyclic) bond motifs is 6. The number of aliphatic hydroxyl groups is 11. The van der Waals surface area contributed by atoms with Crippen molar-refractivity contribution in [2.45, 2.75) is 204 Å². The third-order valence-electron chi connectivity index (χ3n) is 19.2. The average molecular weight is 971 g/mol. The van der Waals surface area contributed by atoms with Crippen LogP contribution in [0.1, 0.15) is 106 Å². The van der Waals surface area contributed by atoms with E-state index >= 15 is 0 Å². The summed E-state index contributed by atoms with van der Waals surface area (Å²) in [5, 5.41) is 118. The fourth-order valence-electron chi connectivity index (χ4n) is 14.7. The molecule has 19 nitrogen and oxygen atoms in total. The maximum Gasteiger partial charge on any atom is 0.311 e. The average Bonchev–Trinajstić information content (AvgIpc) is 3.30. The normalized spacial score (nSPS) is 52.4. The van der Waals surface area contributed by atoms with E-state index < -0.39 is 145 Å². The molecule has 6 fully saturated rings. The molecule has 0 spiro atoms. The number of carbonyl (C=O) groups is 1. The highest BCUT2D eigenvalue weighted by Crippen LogP contribution is 2.76.